The summed E-state index contributed by atoms with van der Waals surface area (Å²) in [5, 5.41) is 3.70. The van der Waals surface area contributed by atoms with Gasteiger partial charge in [0.1, 0.15) is 0 Å². The van der Waals surface area contributed by atoms with Crippen molar-refractivity contribution < 1.29 is 0 Å². The van der Waals surface area contributed by atoms with Crippen molar-refractivity contribution in [2.24, 2.45) is 0 Å². The largest absolute Gasteiger partial charge is 0.312 e. The van der Waals surface area contributed by atoms with E-state index in [-0.39, 0.29) is 5.54 Å². The molecule has 0 aliphatic rings. The summed E-state index contributed by atoms with van der Waals surface area (Å²) in [6.45, 7) is 5.69. The lowest BCUT2D eigenvalue weighted by Gasteiger charge is -2.26. The summed E-state index contributed by atoms with van der Waals surface area (Å²) >= 11 is 0. The molecular formula is C20H27N. The van der Waals surface area contributed by atoms with Crippen LogP contribution >= 0.6 is 0 Å². The van der Waals surface area contributed by atoms with Crippen LogP contribution in [0.3, 0.4) is 0 Å². The molecule has 0 aliphatic heterocycles. The van der Waals surface area contributed by atoms with Crippen LogP contribution in [0.2, 0.25) is 0 Å². The zero-order valence-corrected chi connectivity index (χ0v) is 13.3. The van der Waals surface area contributed by atoms with E-state index >= 15 is 0 Å². The van der Waals surface area contributed by atoms with Crippen LogP contribution in [0, 0.1) is 0 Å². The zero-order valence-electron chi connectivity index (χ0n) is 13.3. The third-order valence-corrected chi connectivity index (χ3v) is 3.97. The van der Waals surface area contributed by atoms with Crippen LogP contribution in [0.15, 0.2) is 60.7 Å². The second-order valence-electron chi connectivity index (χ2n) is 6.39. The molecule has 0 saturated carbocycles. The third kappa shape index (κ3) is 6.14. The van der Waals surface area contributed by atoms with E-state index in [2.05, 4.69) is 79.8 Å². The Hall–Kier alpha value is -1.60. The Kier molecular flexibility index (Phi) is 6.01. The highest BCUT2D eigenvalue weighted by atomic mass is 14.9. The predicted octanol–water partition coefficient (Wildman–Crippen LogP) is 4.62. The number of rotatable bonds is 8. The van der Waals surface area contributed by atoms with Crippen molar-refractivity contribution >= 4 is 0 Å². The first-order chi connectivity index (χ1) is 10.2. The van der Waals surface area contributed by atoms with E-state index in [1.165, 1.54) is 24.0 Å². The van der Waals surface area contributed by atoms with Gasteiger partial charge in [-0.1, -0.05) is 60.7 Å². The molecule has 2 rings (SSSR count). The number of benzene rings is 2. The first kappa shape index (κ1) is 15.8. The molecule has 0 saturated heterocycles. The molecule has 0 heterocycles. The van der Waals surface area contributed by atoms with Gasteiger partial charge in [-0.15, -0.1) is 0 Å². The molecule has 0 radical (unpaired) electrons. The molecule has 0 spiro atoms. The van der Waals surface area contributed by atoms with Crippen molar-refractivity contribution in [3.63, 3.8) is 0 Å². The van der Waals surface area contributed by atoms with Crippen molar-refractivity contribution in [1.82, 2.24) is 5.32 Å². The number of aryl methyl sites for hydroxylation is 2. The Morgan fingerprint density at radius 1 is 0.762 bits per heavy atom. The Morgan fingerprint density at radius 2 is 1.29 bits per heavy atom. The van der Waals surface area contributed by atoms with E-state index in [4.69, 9.17) is 0 Å². The van der Waals surface area contributed by atoms with Gasteiger partial charge in [-0.2, -0.15) is 0 Å². The topological polar surface area (TPSA) is 12.0 Å². The van der Waals surface area contributed by atoms with Crippen LogP contribution in [-0.2, 0) is 12.8 Å². The third-order valence-electron chi connectivity index (χ3n) is 3.97. The highest BCUT2D eigenvalue weighted by Crippen LogP contribution is 2.13. The smallest absolute Gasteiger partial charge is 0.0128 e. The minimum atomic E-state index is 0.201. The summed E-state index contributed by atoms with van der Waals surface area (Å²) in [4.78, 5) is 0. The molecule has 1 heteroatoms. The van der Waals surface area contributed by atoms with E-state index in [1.807, 2.05) is 0 Å². The van der Waals surface area contributed by atoms with E-state index in [0.717, 1.165) is 19.4 Å². The summed E-state index contributed by atoms with van der Waals surface area (Å²) < 4.78 is 0. The predicted molar refractivity (Wildman–Crippen MR) is 91.6 cm³/mol. The summed E-state index contributed by atoms with van der Waals surface area (Å²) in [5.74, 6) is 0. The Morgan fingerprint density at radius 3 is 1.86 bits per heavy atom. The van der Waals surface area contributed by atoms with Crippen LogP contribution in [0.5, 0.6) is 0 Å². The maximum atomic E-state index is 3.70. The van der Waals surface area contributed by atoms with Gasteiger partial charge in [0.05, 0.1) is 0 Å². The van der Waals surface area contributed by atoms with Crippen molar-refractivity contribution in [3.8, 4) is 0 Å². The van der Waals surface area contributed by atoms with Gasteiger partial charge in [-0.05, 0) is 57.2 Å². The van der Waals surface area contributed by atoms with Gasteiger partial charge in [0.2, 0.25) is 0 Å². The molecule has 2 aromatic carbocycles. The lowest BCUT2D eigenvalue weighted by molar-refractivity contribution is 0.361. The standard InChI is InChI=1S/C20H27N/c1-20(2,16-15-19-12-7-4-8-13-19)21-17-9-14-18-10-5-3-6-11-18/h3-8,10-13,21H,9,14-17H2,1-2H3. The maximum Gasteiger partial charge on any atom is 0.0128 e. The fourth-order valence-electron chi connectivity index (χ4n) is 2.55. The van der Waals surface area contributed by atoms with E-state index in [9.17, 15) is 0 Å². The van der Waals surface area contributed by atoms with E-state index < -0.39 is 0 Å². The number of nitrogens with one attached hydrogen (secondary N) is 1. The average molecular weight is 281 g/mol. The fraction of sp³-hybridized carbons (Fsp3) is 0.400. The van der Waals surface area contributed by atoms with Crippen molar-refractivity contribution in [3.05, 3.63) is 71.8 Å². The van der Waals surface area contributed by atoms with Crippen LogP contribution < -0.4 is 5.32 Å². The van der Waals surface area contributed by atoms with E-state index in [1.54, 1.807) is 0 Å². The van der Waals surface area contributed by atoms with Crippen LogP contribution in [0.4, 0.5) is 0 Å². The highest BCUT2D eigenvalue weighted by molar-refractivity contribution is 5.15. The lowest BCUT2D eigenvalue weighted by Crippen LogP contribution is -2.40. The van der Waals surface area contributed by atoms with Crippen molar-refractivity contribution in [2.75, 3.05) is 6.54 Å². The summed E-state index contributed by atoms with van der Waals surface area (Å²) in [5.41, 5.74) is 3.06. The molecule has 0 atom stereocenters. The zero-order chi connectivity index (χ0) is 15.0. The van der Waals surface area contributed by atoms with Gasteiger partial charge in [-0.25, -0.2) is 0 Å². The minimum Gasteiger partial charge on any atom is -0.312 e. The molecule has 0 unspecified atom stereocenters. The molecule has 112 valence electrons. The molecule has 1 nitrogen and oxygen atoms in total. The normalized spacial score (nSPS) is 11.5. The first-order valence-corrected chi connectivity index (χ1v) is 7.99. The molecule has 2 aromatic rings. The first-order valence-electron chi connectivity index (χ1n) is 7.99. The Balaban J connectivity index is 1.66. The Labute approximate surface area is 129 Å². The molecule has 0 aliphatic carbocycles. The SMILES string of the molecule is CC(C)(CCc1ccccc1)NCCCc1ccccc1. The lowest BCUT2D eigenvalue weighted by atomic mass is 9.95. The molecule has 0 aromatic heterocycles. The molecule has 0 fully saturated rings. The Bertz CT molecular complexity index is 502. The number of hydrogen-bond acceptors (Lipinski definition) is 1. The van der Waals surface area contributed by atoms with Crippen molar-refractivity contribution in [2.45, 2.75) is 45.1 Å². The van der Waals surface area contributed by atoms with Crippen molar-refractivity contribution in [1.29, 1.82) is 0 Å². The molecule has 0 bridgehead atoms. The van der Waals surface area contributed by atoms with Crippen LogP contribution in [0.1, 0.15) is 37.8 Å². The van der Waals surface area contributed by atoms with Gasteiger partial charge in [0, 0.05) is 5.54 Å². The monoisotopic (exact) mass is 281 g/mol. The van der Waals surface area contributed by atoms with Gasteiger partial charge in [0.25, 0.3) is 0 Å². The molecular weight excluding hydrogens is 254 g/mol. The molecule has 21 heavy (non-hydrogen) atoms. The minimum absolute atomic E-state index is 0.201. The average Bonchev–Trinajstić information content (AvgIpc) is 2.52. The summed E-state index contributed by atoms with van der Waals surface area (Å²) in [6.07, 6.45) is 4.66. The quantitative estimate of drug-likeness (QED) is 0.696. The van der Waals surface area contributed by atoms with Gasteiger partial charge < -0.3 is 5.32 Å². The van der Waals surface area contributed by atoms with Gasteiger partial charge in [0.15, 0.2) is 0 Å². The van der Waals surface area contributed by atoms with Crippen LogP contribution in [0.25, 0.3) is 0 Å². The molecule has 0 amide bonds. The van der Waals surface area contributed by atoms with Gasteiger partial charge in [-0.3, -0.25) is 0 Å². The summed E-state index contributed by atoms with van der Waals surface area (Å²) in [6, 6.07) is 21.5. The second-order valence-corrected chi connectivity index (χ2v) is 6.39. The van der Waals surface area contributed by atoms with Gasteiger partial charge >= 0.3 is 0 Å². The maximum absolute atomic E-state index is 3.70. The molecule has 1 N–H and O–H groups in total. The summed E-state index contributed by atoms with van der Waals surface area (Å²) in [7, 11) is 0. The highest BCUT2D eigenvalue weighted by Gasteiger charge is 2.16. The van der Waals surface area contributed by atoms with E-state index in [0.29, 0.717) is 0 Å². The van der Waals surface area contributed by atoms with Crippen LogP contribution in [-0.4, -0.2) is 12.1 Å². The number of hydrogen-bond donors (Lipinski definition) is 1. The fourth-order valence-corrected chi connectivity index (χ4v) is 2.55. The second kappa shape index (κ2) is 7.99.